The second-order valence-corrected chi connectivity index (χ2v) is 7.38. The summed E-state index contributed by atoms with van der Waals surface area (Å²) < 4.78 is 46.5. The number of carbonyl (C=O) groups excluding carboxylic acids is 2. The van der Waals surface area contributed by atoms with Gasteiger partial charge in [-0.25, -0.2) is 0 Å². The summed E-state index contributed by atoms with van der Waals surface area (Å²) in [4.78, 5) is 24.8. The lowest BCUT2D eigenvalue weighted by Gasteiger charge is -2.15. The third kappa shape index (κ3) is 4.06. The van der Waals surface area contributed by atoms with E-state index in [2.05, 4.69) is 10.6 Å². The van der Waals surface area contributed by atoms with Crippen LogP contribution < -0.4 is 10.6 Å². The number of fused-ring (bicyclic) bond motifs is 1. The third-order valence-electron chi connectivity index (χ3n) is 4.23. The molecule has 0 unspecified atom stereocenters. The SMILES string of the molecule is O=C(Nc1ccc(NC(=O)c2cc3ccccc3s2)c(C(F)(F)F)c1)c1ccco1. The molecule has 0 aliphatic carbocycles. The smallest absolute Gasteiger partial charge is 0.418 e. The lowest BCUT2D eigenvalue weighted by molar-refractivity contribution is -0.136. The minimum Gasteiger partial charge on any atom is -0.459 e. The van der Waals surface area contributed by atoms with E-state index in [-0.39, 0.29) is 11.4 Å². The monoisotopic (exact) mass is 430 g/mol. The van der Waals surface area contributed by atoms with Crippen molar-refractivity contribution in [2.24, 2.45) is 0 Å². The average molecular weight is 430 g/mol. The molecule has 0 aliphatic rings. The number of hydrogen-bond donors (Lipinski definition) is 2. The van der Waals surface area contributed by atoms with Gasteiger partial charge in [-0.1, -0.05) is 18.2 Å². The zero-order valence-electron chi connectivity index (χ0n) is 15.1. The zero-order valence-corrected chi connectivity index (χ0v) is 15.9. The number of rotatable bonds is 4. The van der Waals surface area contributed by atoms with Crippen LogP contribution in [0.25, 0.3) is 10.1 Å². The first-order chi connectivity index (χ1) is 14.3. The molecule has 0 spiro atoms. The molecular weight excluding hydrogens is 417 g/mol. The second-order valence-electron chi connectivity index (χ2n) is 6.29. The number of benzene rings is 2. The molecule has 9 heteroatoms. The molecule has 4 aromatic rings. The number of thiophene rings is 1. The van der Waals surface area contributed by atoms with Gasteiger partial charge in [0.05, 0.1) is 22.4 Å². The molecule has 0 atom stereocenters. The molecule has 0 bridgehead atoms. The van der Waals surface area contributed by atoms with Gasteiger partial charge in [-0.3, -0.25) is 9.59 Å². The Bertz CT molecular complexity index is 1200. The molecule has 0 fully saturated rings. The fourth-order valence-corrected chi connectivity index (χ4v) is 3.80. The normalized spacial score (nSPS) is 11.4. The van der Waals surface area contributed by atoms with Crippen LogP contribution in [0.3, 0.4) is 0 Å². The fraction of sp³-hybridized carbons (Fsp3) is 0.0476. The number of alkyl halides is 3. The molecular formula is C21H13F3N2O3S. The summed E-state index contributed by atoms with van der Waals surface area (Å²) in [6, 6.07) is 14.9. The summed E-state index contributed by atoms with van der Waals surface area (Å²) in [5, 5.41) is 5.50. The van der Waals surface area contributed by atoms with Gasteiger partial charge in [-0.2, -0.15) is 13.2 Å². The average Bonchev–Trinajstić information content (AvgIpc) is 3.38. The van der Waals surface area contributed by atoms with Crippen molar-refractivity contribution in [3.05, 3.63) is 83.1 Å². The van der Waals surface area contributed by atoms with Gasteiger partial charge in [0, 0.05) is 10.4 Å². The number of furan rings is 1. The van der Waals surface area contributed by atoms with Gasteiger partial charge in [0.25, 0.3) is 11.8 Å². The topological polar surface area (TPSA) is 71.3 Å². The van der Waals surface area contributed by atoms with Crippen molar-refractivity contribution in [1.82, 2.24) is 0 Å². The van der Waals surface area contributed by atoms with Crippen molar-refractivity contribution < 1.29 is 27.2 Å². The van der Waals surface area contributed by atoms with Crippen molar-refractivity contribution in [2.45, 2.75) is 6.18 Å². The van der Waals surface area contributed by atoms with E-state index in [1.807, 2.05) is 24.3 Å². The first-order valence-corrected chi connectivity index (χ1v) is 9.49. The predicted molar refractivity (Wildman–Crippen MR) is 108 cm³/mol. The van der Waals surface area contributed by atoms with Gasteiger partial charge in [0.1, 0.15) is 0 Å². The van der Waals surface area contributed by atoms with Crippen LogP contribution in [0.4, 0.5) is 24.5 Å². The number of anilines is 2. The number of hydrogen-bond acceptors (Lipinski definition) is 4. The van der Waals surface area contributed by atoms with Crippen LogP contribution in [-0.4, -0.2) is 11.8 Å². The lowest BCUT2D eigenvalue weighted by atomic mass is 10.1. The molecule has 2 amide bonds. The molecule has 0 saturated carbocycles. The fourth-order valence-electron chi connectivity index (χ4n) is 2.84. The van der Waals surface area contributed by atoms with Crippen molar-refractivity contribution in [3.63, 3.8) is 0 Å². The van der Waals surface area contributed by atoms with E-state index in [0.29, 0.717) is 4.88 Å². The Morgan fingerprint density at radius 1 is 0.900 bits per heavy atom. The van der Waals surface area contributed by atoms with E-state index in [1.54, 1.807) is 6.07 Å². The second kappa shape index (κ2) is 7.68. The van der Waals surface area contributed by atoms with E-state index in [4.69, 9.17) is 4.42 Å². The summed E-state index contributed by atoms with van der Waals surface area (Å²) in [6.45, 7) is 0. The Kier molecular flexibility index (Phi) is 5.04. The molecule has 0 aliphatic heterocycles. The Hall–Kier alpha value is -3.59. The van der Waals surface area contributed by atoms with Crippen molar-refractivity contribution in [2.75, 3.05) is 10.6 Å². The van der Waals surface area contributed by atoms with E-state index in [0.717, 1.165) is 22.2 Å². The van der Waals surface area contributed by atoms with E-state index in [1.165, 1.54) is 35.8 Å². The minimum absolute atomic E-state index is 0.0364. The Morgan fingerprint density at radius 2 is 1.70 bits per heavy atom. The van der Waals surface area contributed by atoms with Gasteiger partial charge in [-0.15, -0.1) is 11.3 Å². The summed E-state index contributed by atoms with van der Waals surface area (Å²) in [5.41, 5.74) is -1.56. The molecule has 4 rings (SSSR count). The summed E-state index contributed by atoms with van der Waals surface area (Å²) >= 11 is 1.19. The van der Waals surface area contributed by atoms with Crippen LogP contribution >= 0.6 is 11.3 Å². The van der Waals surface area contributed by atoms with E-state index in [9.17, 15) is 22.8 Å². The van der Waals surface area contributed by atoms with Crippen LogP contribution in [0.5, 0.6) is 0 Å². The van der Waals surface area contributed by atoms with Crippen LogP contribution in [-0.2, 0) is 6.18 Å². The Morgan fingerprint density at radius 3 is 2.40 bits per heavy atom. The molecule has 152 valence electrons. The summed E-state index contributed by atoms with van der Waals surface area (Å²) in [5.74, 6) is -1.37. The molecule has 2 aromatic carbocycles. The predicted octanol–water partition coefficient (Wildman–Crippen LogP) is 6.02. The maximum atomic E-state index is 13.6. The maximum Gasteiger partial charge on any atom is 0.418 e. The van der Waals surface area contributed by atoms with Gasteiger partial charge < -0.3 is 15.1 Å². The number of halogens is 3. The van der Waals surface area contributed by atoms with Crippen LogP contribution in [0.1, 0.15) is 25.8 Å². The lowest BCUT2D eigenvalue weighted by Crippen LogP contribution is -2.17. The van der Waals surface area contributed by atoms with Gasteiger partial charge in [-0.05, 0) is 47.9 Å². The maximum absolute atomic E-state index is 13.6. The Labute approximate surface area is 172 Å². The number of amides is 2. The third-order valence-corrected chi connectivity index (χ3v) is 5.34. The molecule has 0 radical (unpaired) electrons. The highest BCUT2D eigenvalue weighted by Gasteiger charge is 2.34. The van der Waals surface area contributed by atoms with Crippen molar-refractivity contribution in [3.8, 4) is 0 Å². The van der Waals surface area contributed by atoms with Crippen LogP contribution in [0, 0.1) is 0 Å². The standard InChI is InChI=1S/C21H13F3N2O3S/c22-21(23,24)14-11-13(25-19(27)16-5-3-9-29-16)7-8-15(14)26-20(28)18-10-12-4-1-2-6-17(12)30-18/h1-11H,(H,25,27)(H,26,28). The molecule has 2 heterocycles. The minimum atomic E-state index is -4.74. The largest absolute Gasteiger partial charge is 0.459 e. The van der Waals surface area contributed by atoms with Gasteiger partial charge in [0.15, 0.2) is 5.76 Å². The number of carbonyl (C=O) groups is 2. The van der Waals surface area contributed by atoms with E-state index >= 15 is 0 Å². The highest BCUT2D eigenvalue weighted by Crippen LogP contribution is 2.37. The van der Waals surface area contributed by atoms with Gasteiger partial charge >= 0.3 is 6.18 Å². The van der Waals surface area contributed by atoms with Gasteiger partial charge in [0.2, 0.25) is 0 Å². The summed E-state index contributed by atoms with van der Waals surface area (Å²) in [7, 11) is 0. The molecule has 2 aromatic heterocycles. The summed E-state index contributed by atoms with van der Waals surface area (Å²) in [6.07, 6.45) is -3.46. The molecule has 2 N–H and O–H groups in total. The molecule has 30 heavy (non-hydrogen) atoms. The van der Waals surface area contributed by atoms with Crippen LogP contribution in [0.2, 0.25) is 0 Å². The molecule has 5 nitrogen and oxygen atoms in total. The Balaban J connectivity index is 1.60. The first kappa shape index (κ1) is 19.7. The van der Waals surface area contributed by atoms with E-state index < -0.39 is 29.2 Å². The first-order valence-electron chi connectivity index (χ1n) is 8.67. The van der Waals surface area contributed by atoms with Crippen molar-refractivity contribution in [1.29, 1.82) is 0 Å². The number of nitrogens with one attached hydrogen (secondary N) is 2. The quantitative estimate of drug-likeness (QED) is 0.416. The highest BCUT2D eigenvalue weighted by molar-refractivity contribution is 7.20. The highest BCUT2D eigenvalue weighted by atomic mass is 32.1. The van der Waals surface area contributed by atoms with Crippen molar-refractivity contribution >= 4 is 44.6 Å². The zero-order chi connectivity index (χ0) is 21.3. The molecule has 0 saturated heterocycles. The van der Waals surface area contributed by atoms with Crippen LogP contribution in [0.15, 0.2) is 71.3 Å².